The molecule has 0 spiro atoms. The number of hydrogen-bond donors (Lipinski definition) is 4. The lowest BCUT2D eigenvalue weighted by atomic mass is 10.1. The average Bonchev–Trinajstić information content (AvgIpc) is 2.92. The van der Waals surface area contributed by atoms with Gasteiger partial charge >= 0.3 is 0 Å². The standard InChI is InChI=1S/C28H57N7O3/c29-15-7-1-4-12-26(36)33-21-11-22-35(28(38)14-6-3-9-17-31)25-24-34(20-10-18-32-19-23-33)27(37)13-5-2-8-16-30/h32H,1-25,29-31H2. The Morgan fingerprint density at radius 3 is 1.29 bits per heavy atom. The maximum absolute atomic E-state index is 13.1. The Morgan fingerprint density at radius 1 is 0.474 bits per heavy atom. The molecule has 1 saturated heterocycles. The van der Waals surface area contributed by atoms with Crippen LogP contribution in [-0.2, 0) is 14.4 Å². The summed E-state index contributed by atoms with van der Waals surface area (Å²) < 4.78 is 0. The molecule has 1 aliphatic rings. The molecule has 0 saturated carbocycles. The van der Waals surface area contributed by atoms with E-state index in [-0.39, 0.29) is 17.7 Å². The molecule has 0 aliphatic carbocycles. The van der Waals surface area contributed by atoms with E-state index in [1.807, 2.05) is 14.7 Å². The topological polar surface area (TPSA) is 151 Å². The minimum atomic E-state index is 0.130. The van der Waals surface area contributed by atoms with Gasteiger partial charge in [0.2, 0.25) is 17.7 Å². The summed E-state index contributed by atoms with van der Waals surface area (Å²) in [5.41, 5.74) is 16.8. The second-order valence-electron chi connectivity index (χ2n) is 10.4. The third-order valence-electron chi connectivity index (χ3n) is 7.18. The summed E-state index contributed by atoms with van der Waals surface area (Å²) in [6.07, 6.45) is 11.4. The lowest BCUT2D eigenvalue weighted by Crippen LogP contribution is -2.44. The Kier molecular flexibility index (Phi) is 20.9. The Balaban J connectivity index is 2.80. The summed E-state index contributed by atoms with van der Waals surface area (Å²) >= 11 is 0. The monoisotopic (exact) mass is 539 g/mol. The predicted molar refractivity (Wildman–Crippen MR) is 154 cm³/mol. The molecule has 38 heavy (non-hydrogen) atoms. The molecular weight excluding hydrogens is 482 g/mol. The van der Waals surface area contributed by atoms with E-state index in [0.717, 1.165) is 83.7 Å². The largest absolute Gasteiger partial charge is 0.341 e. The van der Waals surface area contributed by atoms with Crippen LogP contribution in [0.1, 0.15) is 89.9 Å². The number of amides is 3. The van der Waals surface area contributed by atoms with Crippen LogP contribution in [-0.4, -0.2) is 104 Å². The van der Waals surface area contributed by atoms with Crippen molar-refractivity contribution in [1.29, 1.82) is 0 Å². The molecule has 1 heterocycles. The van der Waals surface area contributed by atoms with Crippen LogP contribution in [0.5, 0.6) is 0 Å². The second kappa shape index (κ2) is 23.2. The molecule has 10 nitrogen and oxygen atoms in total. The first-order chi connectivity index (χ1) is 18.5. The lowest BCUT2D eigenvalue weighted by Gasteiger charge is -2.30. The van der Waals surface area contributed by atoms with E-state index in [9.17, 15) is 14.4 Å². The van der Waals surface area contributed by atoms with Crippen LogP contribution >= 0.6 is 0 Å². The quantitative estimate of drug-likeness (QED) is 0.230. The first-order valence-electron chi connectivity index (χ1n) is 15.2. The fourth-order valence-corrected chi connectivity index (χ4v) is 4.78. The Morgan fingerprint density at radius 2 is 0.868 bits per heavy atom. The van der Waals surface area contributed by atoms with Crippen molar-refractivity contribution in [3.63, 3.8) is 0 Å². The van der Waals surface area contributed by atoms with E-state index < -0.39 is 0 Å². The third kappa shape index (κ3) is 16.3. The number of carbonyl (C=O) groups excluding carboxylic acids is 3. The molecule has 3 amide bonds. The van der Waals surface area contributed by atoms with Gasteiger partial charge in [-0.2, -0.15) is 0 Å². The van der Waals surface area contributed by atoms with Gasteiger partial charge in [0.05, 0.1) is 0 Å². The number of nitrogens with zero attached hydrogens (tertiary/aromatic N) is 3. The van der Waals surface area contributed by atoms with Gasteiger partial charge in [0.1, 0.15) is 0 Å². The molecule has 1 aliphatic heterocycles. The number of unbranched alkanes of at least 4 members (excludes halogenated alkanes) is 6. The van der Waals surface area contributed by atoms with Crippen LogP contribution in [0.4, 0.5) is 0 Å². The molecule has 1 fully saturated rings. The van der Waals surface area contributed by atoms with Gasteiger partial charge in [0.15, 0.2) is 0 Å². The molecule has 1 rings (SSSR count). The number of nitrogens with two attached hydrogens (primary N) is 3. The molecule has 7 N–H and O–H groups in total. The van der Waals surface area contributed by atoms with Crippen LogP contribution in [0.25, 0.3) is 0 Å². The van der Waals surface area contributed by atoms with Crippen LogP contribution < -0.4 is 22.5 Å². The number of nitrogens with one attached hydrogen (secondary N) is 1. The number of hydrogen-bond acceptors (Lipinski definition) is 7. The lowest BCUT2D eigenvalue weighted by molar-refractivity contribution is -0.135. The minimum absolute atomic E-state index is 0.130. The van der Waals surface area contributed by atoms with Crippen molar-refractivity contribution in [2.75, 3.05) is 72.0 Å². The molecule has 0 bridgehead atoms. The van der Waals surface area contributed by atoms with E-state index in [1.165, 1.54) is 0 Å². The molecule has 10 heteroatoms. The van der Waals surface area contributed by atoms with Crippen LogP contribution in [0.2, 0.25) is 0 Å². The van der Waals surface area contributed by atoms with Gasteiger partial charge in [0, 0.05) is 65.1 Å². The van der Waals surface area contributed by atoms with Crippen molar-refractivity contribution >= 4 is 17.7 Å². The van der Waals surface area contributed by atoms with E-state index in [2.05, 4.69) is 5.32 Å². The molecule has 0 aromatic carbocycles. The average molecular weight is 540 g/mol. The van der Waals surface area contributed by atoms with E-state index in [1.54, 1.807) is 0 Å². The molecule has 0 unspecified atom stereocenters. The fraction of sp³-hybridized carbons (Fsp3) is 0.893. The fourth-order valence-electron chi connectivity index (χ4n) is 4.78. The van der Waals surface area contributed by atoms with Crippen LogP contribution in [0.3, 0.4) is 0 Å². The highest BCUT2D eigenvalue weighted by Crippen LogP contribution is 2.10. The summed E-state index contributed by atoms with van der Waals surface area (Å²) in [5, 5.41) is 3.44. The second-order valence-corrected chi connectivity index (χ2v) is 10.4. The highest BCUT2D eigenvalue weighted by Gasteiger charge is 2.20. The zero-order valence-electron chi connectivity index (χ0n) is 24.0. The van der Waals surface area contributed by atoms with E-state index >= 15 is 0 Å². The van der Waals surface area contributed by atoms with Crippen molar-refractivity contribution in [2.24, 2.45) is 17.2 Å². The number of rotatable bonds is 15. The molecule has 222 valence electrons. The van der Waals surface area contributed by atoms with E-state index in [0.29, 0.717) is 78.2 Å². The zero-order valence-corrected chi connectivity index (χ0v) is 24.0. The van der Waals surface area contributed by atoms with Crippen molar-refractivity contribution < 1.29 is 14.4 Å². The molecule has 0 aromatic heterocycles. The summed E-state index contributed by atoms with van der Waals surface area (Å²) in [7, 11) is 0. The third-order valence-corrected chi connectivity index (χ3v) is 7.18. The van der Waals surface area contributed by atoms with Crippen molar-refractivity contribution in [3.05, 3.63) is 0 Å². The number of carbonyl (C=O) groups is 3. The highest BCUT2D eigenvalue weighted by molar-refractivity contribution is 5.77. The summed E-state index contributed by atoms with van der Waals surface area (Å²) in [6, 6.07) is 0. The van der Waals surface area contributed by atoms with Crippen LogP contribution in [0, 0.1) is 0 Å². The normalized spacial score (nSPS) is 16.3. The molecule has 0 radical (unpaired) electrons. The summed E-state index contributed by atoms with van der Waals surface area (Å²) in [4.78, 5) is 44.8. The molecule has 0 atom stereocenters. The van der Waals surface area contributed by atoms with Gasteiger partial charge < -0.3 is 37.2 Å². The molecular formula is C28H57N7O3. The predicted octanol–water partition coefficient (Wildman–Crippen LogP) is 1.41. The van der Waals surface area contributed by atoms with Gasteiger partial charge in [-0.05, 0) is 77.5 Å². The van der Waals surface area contributed by atoms with Gasteiger partial charge in [-0.15, -0.1) is 0 Å². The van der Waals surface area contributed by atoms with Gasteiger partial charge in [-0.1, -0.05) is 19.3 Å². The van der Waals surface area contributed by atoms with Crippen molar-refractivity contribution in [1.82, 2.24) is 20.0 Å². The summed E-state index contributed by atoms with van der Waals surface area (Å²) in [5.74, 6) is 0.476. The smallest absolute Gasteiger partial charge is 0.222 e. The Bertz CT molecular complexity index is 636. The zero-order chi connectivity index (χ0) is 27.8. The van der Waals surface area contributed by atoms with Gasteiger partial charge in [-0.25, -0.2) is 0 Å². The highest BCUT2D eigenvalue weighted by atomic mass is 16.2. The Labute approximate surface area is 231 Å². The van der Waals surface area contributed by atoms with Crippen LogP contribution in [0.15, 0.2) is 0 Å². The van der Waals surface area contributed by atoms with Gasteiger partial charge in [-0.3, -0.25) is 14.4 Å². The van der Waals surface area contributed by atoms with Crippen molar-refractivity contribution in [3.8, 4) is 0 Å². The maximum Gasteiger partial charge on any atom is 0.222 e. The minimum Gasteiger partial charge on any atom is -0.341 e. The molecule has 0 aromatic rings. The first-order valence-corrected chi connectivity index (χ1v) is 15.2. The summed E-state index contributed by atoms with van der Waals surface area (Å²) in [6.45, 7) is 7.13. The SMILES string of the molecule is NCCCCCC(=O)N1CCCN(C(=O)CCCCCN)CCN(C(=O)CCCCCN)CCCNCC1. The van der Waals surface area contributed by atoms with Crippen molar-refractivity contribution in [2.45, 2.75) is 89.9 Å². The van der Waals surface area contributed by atoms with Gasteiger partial charge in [0.25, 0.3) is 0 Å². The van der Waals surface area contributed by atoms with E-state index in [4.69, 9.17) is 17.2 Å². The Hall–Kier alpha value is -1.75. The maximum atomic E-state index is 13.1. The first kappa shape index (κ1) is 34.3.